The van der Waals surface area contributed by atoms with E-state index in [4.69, 9.17) is 30.3 Å². The average molecular weight is 519 g/mol. The topological polar surface area (TPSA) is 133 Å². The lowest BCUT2D eigenvalue weighted by Crippen LogP contribution is -2.29. The molecular weight excluding hydrogens is 484 g/mol. The second-order valence-electron chi connectivity index (χ2n) is 9.16. The quantitative estimate of drug-likeness (QED) is 0.326. The predicted octanol–water partition coefficient (Wildman–Crippen LogP) is 3.07. The van der Waals surface area contributed by atoms with E-state index in [1.54, 1.807) is 39.7 Å². The number of rotatable bonds is 9. The average Bonchev–Trinajstić information content (AvgIpc) is 3.34. The molecule has 1 saturated heterocycles. The van der Waals surface area contributed by atoms with Gasteiger partial charge in [0.25, 0.3) is 0 Å². The van der Waals surface area contributed by atoms with Crippen LogP contribution in [0.1, 0.15) is 42.8 Å². The van der Waals surface area contributed by atoms with Gasteiger partial charge < -0.3 is 25.4 Å². The van der Waals surface area contributed by atoms with Crippen LogP contribution in [-0.4, -0.2) is 71.1 Å². The van der Waals surface area contributed by atoms with Crippen LogP contribution < -0.4 is 20.5 Å². The van der Waals surface area contributed by atoms with Gasteiger partial charge in [-0.15, -0.1) is 0 Å². The number of carbonyl (C=O) groups excluding carboxylic acids is 1. The van der Waals surface area contributed by atoms with Gasteiger partial charge in [0.15, 0.2) is 5.82 Å². The maximum Gasteiger partial charge on any atom is 0.213 e. The lowest BCUT2D eigenvalue weighted by Gasteiger charge is -2.22. The molecule has 0 unspecified atom stereocenters. The van der Waals surface area contributed by atoms with Crippen LogP contribution in [0, 0.1) is 6.92 Å². The van der Waals surface area contributed by atoms with E-state index in [9.17, 15) is 4.79 Å². The van der Waals surface area contributed by atoms with E-state index >= 15 is 0 Å². The third-order valence-corrected chi connectivity index (χ3v) is 6.47. The first kappa shape index (κ1) is 26.8. The number of aromatic nitrogens is 4. The fourth-order valence-corrected chi connectivity index (χ4v) is 4.34. The fourth-order valence-electron chi connectivity index (χ4n) is 4.34. The molecule has 200 valence electrons. The van der Waals surface area contributed by atoms with Crippen LogP contribution in [0.15, 0.2) is 41.8 Å². The fraction of sp³-hybridized carbons (Fsp3) is 0.370. The molecule has 0 spiro atoms. The Kier molecular flexibility index (Phi) is 8.37. The summed E-state index contributed by atoms with van der Waals surface area (Å²) in [5, 5.41) is 8.14. The lowest BCUT2D eigenvalue weighted by atomic mass is 10.1. The van der Waals surface area contributed by atoms with Gasteiger partial charge in [0.2, 0.25) is 6.41 Å². The highest BCUT2D eigenvalue weighted by Gasteiger charge is 2.20. The Morgan fingerprint density at radius 3 is 2.53 bits per heavy atom. The Balaban J connectivity index is 1.77. The number of nitrogens with zero attached hydrogens (tertiary/aromatic N) is 6. The predicted molar refractivity (Wildman–Crippen MR) is 147 cm³/mol. The number of benzene rings is 1. The number of ether oxygens (including phenoxy) is 2. The molecule has 1 fully saturated rings. The largest absolute Gasteiger partial charge is 0.497 e. The number of nitrogen functional groups attached to an aromatic ring is 1. The Hall–Kier alpha value is -4.25. The zero-order chi connectivity index (χ0) is 27.2. The molecule has 1 aromatic carbocycles. The molecule has 1 aliphatic rings. The molecule has 3 aromatic rings. The molecule has 11 nitrogen and oxygen atoms in total. The van der Waals surface area contributed by atoms with Crippen molar-refractivity contribution in [2.24, 2.45) is 4.99 Å². The Morgan fingerprint density at radius 1 is 1.21 bits per heavy atom. The zero-order valence-electron chi connectivity index (χ0n) is 22.4. The number of methoxy groups -OCH3 is 2. The number of nitrogens with two attached hydrogens (primary N) is 1. The molecule has 11 heteroatoms. The van der Waals surface area contributed by atoms with Crippen molar-refractivity contribution in [1.29, 1.82) is 0 Å². The summed E-state index contributed by atoms with van der Waals surface area (Å²) in [7, 11) is 4.80. The number of carbonyl (C=O) groups is 1. The molecular formula is C27H34N8O3. The minimum atomic E-state index is 0.197. The summed E-state index contributed by atoms with van der Waals surface area (Å²) < 4.78 is 12.8. The molecule has 1 amide bonds. The number of aliphatic imine (C=N–C) groups is 1. The van der Waals surface area contributed by atoms with Crippen LogP contribution in [0.2, 0.25) is 0 Å². The van der Waals surface area contributed by atoms with Gasteiger partial charge in [-0.05, 0) is 51.9 Å². The summed E-state index contributed by atoms with van der Waals surface area (Å²) in [6.45, 7) is 5.75. The van der Waals surface area contributed by atoms with Gasteiger partial charge >= 0.3 is 0 Å². The molecule has 0 atom stereocenters. The van der Waals surface area contributed by atoms with Gasteiger partial charge in [-0.1, -0.05) is 0 Å². The maximum absolute atomic E-state index is 11.5. The van der Waals surface area contributed by atoms with Crippen molar-refractivity contribution in [3.05, 3.63) is 53.7 Å². The van der Waals surface area contributed by atoms with Crippen molar-refractivity contribution < 1.29 is 14.3 Å². The minimum absolute atomic E-state index is 0.197. The molecule has 0 radical (unpaired) electrons. The van der Waals surface area contributed by atoms with Gasteiger partial charge in [-0.2, -0.15) is 5.10 Å². The van der Waals surface area contributed by atoms with Crippen LogP contribution in [0.3, 0.4) is 0 Å². The van der Waals surface area contributed by atoms with Crippen molar-refractivity contribution in [3.63, 3.8) is 0 Å². The second kappa shape index (κ2) is 11.9. The lowest BCUT2D eigenvalue weighted by molar-refractivity contribution is -0.114. The zero-order valence-corrected chi connectivity index (χ0v) is 22.4. The van der Waals surface area contributed by atoms with E-state index < -0.39 is 0 Å². The third-order valence-electron chi connectivity index (χ3n) is 6.47. The highest BCUT2D eigenvalue weighted by Crippen LogP contribution is 2.29. The number of hydrogen-bond donors (Lipinski definition) is 2. The van der Waals surface area contributed by atoms with Crippen molar-refractivity contribution in [2.45, 2.75) is 32.7 Å². The number of anilines is 1. The third kappa shape index (κ3) is 6.00. The van der Waals surface area contributed by atoms with Crippen LogP contribution in [0.5, 0.6) is 11.5 Å². The molecule has 0 bridgehead atoms. The van der Waals surface area contributed by atoms with Gasteiger partial charge in [0.1, 0.15) is 22.9 Å². The van der Waals surface area contributed by atoms with Gasteiger partial charge in [0, 0.05) is 42.3 Å². The molecule has 2 aromatic heterocycles. The van der Waals surface area contributed by atoms with E-state index in [1.165, 1.54) is 4.90 Å². The van der Waals surface area contributed by atoms with Gasteiger partial charge in [-0.25, -0.2) is 15.0 Å². The van der Waals surface area contributed by atoms with Crippen molar-refractivity contribution in [1.82, 2.24) is 30.0 Å². The normalized spacial score (nSPS) is 14.9. The summed E-state index contributed by atoms with van der Waals surface area (Å²) in [6.07, 6.45) is 7.96. The standard InChI is InChI=1S/C27H34N8O3/c1-17(19-10-21(37-4)12-22(11-19)38-5)31-25(15-34(3)16-36)26-27(28)30-13-24(32-26)23-14-35(33-18(23)2)20-6-8-29-9-7-20/h10-16,20,29H,6-9H2,1-5H3,(H2,28,30)/b25-15-,31-17?. The maximum atomic E-state index is 11.5. The van der Waals surface area contributed by atoms with Crippen LogP contribution in [-0.2, 0) is 4.79 Å². The number of hydrogen-bond acceptors (Lipinski definition) is 9. The Bertz CT molecular complexity index is 1340. The van der Waals surface area contributed by atoms with Crippen molar-refractivity contribution in [2.75, 3.05) is 40.1 Å². The monoisotopic (exact) mass is 518 g/mol. The van der Waals surface area contributed by atoms with E-state index in [0.717, 1.165) is 42.8 Å². The highest BCUT2D eigenvalue weighted by molar-refractivity contribution is 6.02. The molecule has 1 aliphatic heterocycles. The van der Waals surface area contributed by atoms with E-state index in [1.807, 2.05) is 36.9 Å². The number of nitrogens with one attached hydrogen (secondary N) is 1. The first-order valence-corrected chi connectivity index (χ1v) is 12.4. The van der Waals surface area contributed by atoms with Crippen molar-refractivity contribution in [3.8, 4) is 22.8 Å². The summed E-state index contributed by atoms with van der Waals surface area (Å²) >= 11 is 0. The SMILES string of the molecule is COc1cc(OC)cc(C(C)=N/C(=C\N(C)C=O)c2nc(-c3cn(C4CCNCC4)nc3C)cnc2N)c1. The highest BCUT2D eigenvalue weighted by atomic mass is 16.5. The summed E-state index contributed by atoms with van der Waals surface area (Å²) in [5.74, 6) is 1.46. The van der Waals surface area contributed by atoms with Crippen LogP contribution >= 0.6 is 0 Å². The molecule has 3 N–H and O–H groups in total. The molecule has 0 aliphatic carbocycles. The van der Waals surface area contributed by atoms with Gasteiger partial charge in [0.05, 0.1) is 37.8 Å². The minimum Gasteiger partial charge on any atom is -0.497 e. The van der Waals surface area contributed by atoms with E-state index in [0.29, 0.717) is 46.7 Å². The van der Waals surface area contributed by atoms with Crippen LogP contribution in [0.25, 0.3) is 17.0 Å². The molecule has 38 heavy (non-hydrogen) atoms. The summed E-state index contributed by atoms with van der Waals surface area (Å²) in [5.41, 5.74) is 10.8. The summed E-state index contributed by atoms with van der Waals surface area (Å²) in [4.78, 5) is 26.9. The van der Waals surface area contributed by atoms with Crippen LogP contribution in [0.4, 0.5) is 5.82 Å². The van der Waals surface area contributed by atoms with E-state index in [2.05, 4.69) is 10.3 Å². The first-order valence-electron chi connectivity index (χ1n) is 12.4. The second-order valence-corrected chi connectivity index (χ2v) is 9.16. The number of aryl methyl sites for hydroxylation is 1. The molecule has 4 rings (SSSR count). The van der Waals surface area contributed by atoms with E-state index in [-0.39, 0.29) is 5.82 Å². The number of piperidine rings is 1. The first-order chi connectivity index (χ1) is 18.3. The summed E-state index contributed by atoms with van der Waals surface area (Å²) in [6, 6.07) is 5.83. The smallest absolute Gasteiger partial charge is 0.213 e. The molecule has 0 saturated carbocycles. The Morgan fingerprint density at radius 2 is 1.89 bits per heavy atom. The van der Waals surface area contributed by atoms with Gasteiger partial charge in [-0.3, -0.25) is 9.48 Å². The Labute approximate surface area is 222 Å². The van der Waals surface area contributed by atoms with Crippen molar-refractivity contribution >= 4 is 23.6 Å². The molecule has 3 heterocycles. The number of amides is 1.